The Morgan fingerprint density at radius 3 is 2.37 bits per heavy atom. The molecule has 0 fully saturated rings. The Labute approximate surface area is 178 Å². The standard InChI is InChI=1S/C25H30N2O3/c1-2-27(15-14-19-8-11-22(28)12-9-19)17-24(29)21-10-13-25(23(26)16-21)30-18-20-6-4-3-5-7-20/h3-13,16,24,28-29H,2,14-15,17-18,26H2,1H3. The van der Waals surface area contributed by atoms with Gasteiger partial charge in [0.15, 0.2) is 0 Å². The lowest BCUT2D eigenvalue weighted by atomic mass is 10.1. The Morgan fingerprint density at radius 1 is 0.967 bits per heavy atom. The second kappa shape index (κ2) is 10.7. The first-order valence-electron chi connectivity index (χ1n) is 10.3. The second-order valence-corrected chi connectivity index (χ2v) is 7.40. The van der Waals surface area contributed by atoms with E-state index in [9.17, 15) is 10.2 Å². The third kappa shape index (κ3) is 6.24. The first-order chi connectivity index (χ1) is 14.5. The summed E-state index contributed by atoms with van der Waals surface area (Å²) < 4.78 is 5.82. The van der Waals surface area contributed by atoms with Crippen molar-refractivity contribution in [3.05, 3.63) is 89.5 Å². The van der Waals surface area contributed by atoms with E-state index < -0.39 is 6.10 Å². The van der Waals surface area contributed by atoms with Gasteiger partial charge in [-0.2, -0.15) is 0 Å². The SMILES string of the molecule is CCN(CCc1ccc(O)cc1)CC(O)c1ccc(OCc2ccccc2)c(N)c1. The average Bonchev–Trinajstić information content (AvgIpc) is 2.77. The van der Waals surface area contributed by atoms with Gasteiger partial charge in [-0.05, 0) is 53.9 Å². The fourth-order valence-electron chi connectivity index (χ4n) is 3.32. The predicted octanol–water partition coefficient (Wildman–Crippen LogP) is 4.15. The molecule has 0 spiro atoms. The van der Waals surface area contributed by atoms with E-state index in [1.54, 1.807) is 18.2 Å². The highest BCUT2D eigenvalue weighted by Crippen LogP contribution is 2.27. The fourth-order valence-corrected chi connectivity index (χ4v) is 3.32. The van der Waals surface area contributed by atoms with Crippen molar-refractivity contribution in [2.45, 2.75) is 26.1 Å². The molecule has 0 aliphatic rings. The first-order valence-corrected chi connectivity index (χ1v) is 10.3. The molecule has 3 aromatic carbocycles. The Balaban J connectivity index is 1.54. The summed E-state index contributed by atoms with van der Waals surface area (Å²) in [5.74, 6) is 0.893. The zero-order valence-corrected chi connectivity index (χ0v) is 17.4. The number of aromatic hydroxyl groups is 1. The van der Waals surface area contributed by atoms with E-state index in [1.807, 2.05) is 54.6 Å². The molecule has 3 aromatic rings. The predicted molar refractivity (Wildman–Crippen MR) is 121 cm³/mol. The number of phenols is 1. The highest BCUT2D eigenvalue weighted by atomic mass is 16.5. The van der Waals surface area contributed by atoms with Crippen molar-refractivity contribution >= 4 is 5.69 Å². The van der Waals surface area contributed by atoms with E-state index in [-0.39, 0.29) is 5.75 Å². The largest absolute Gasteiger partial charge is 0.508 e. The molecule has 0 aliphatic heterocycles. The zero-order chi connectivity index (χ0) is 21.3. The molecule has 0 bridgehead atoms. The summed E-state index contributed by atoms with van der Waals surface area (Å²) in [7, 11) is 0. The van der Waals surface area contributed by atoms with Gasteiger partial charge >= 0.3 is 0 Å². The van der Waals surface area contributed by atoms with Gasteiger partial charge in [0.1, 0.15) is 18.1 Å². The molecular weight excluding hydrogens is 376 g/mol. The van der Waals surface area contributed by atoms with Crippen LogP contribution < -0.4 is 10.5 Å². The van der Waals surface area contributed by atoms with Gasteiger partial charge < -0.3 is 25.6 Å². The number of aliphatic hydroxyl groups is 1. The number of nitrogens with two attached hydrogens (primary N) is 1. The van der Waals surface area contributed by atoms with Gasteiger partial charge in [0.05, 0.1) is 11.8 Å². The maximum atomic E-state index is 10.7. The third-order valence-electron chi connectivity index (χ3n) is 5.19. The minimum absolute atomic E-state index is 0.273. The van der Waals surface area contributed by atoms with Crippen LogP contribution in [0.15, 0.2) is 72.8 Å². The molecule has 30 heavy (non-hydrogen) atoms. The van der Waals surface area contributed by atoms with Crippen molar-refractivity contribution in [1.29, 1.82) is 0 Å². The van der Waals surface area contributed by atoms with Gasteiger partial charge in [-0.3, -0.25) is 0 Å². The molecule has 4 N–H and O–H groups in total. The first kappa shape index (κ1) is 21.7. The van der Waals surface area contributed by atoms with Crippen LogP contribution in [0.2, 0.25) is 0 Å². The highest BCUT2D eigenvalue weighted by Gasteiger charge is 2.14. The summed E-state index contributed by atoms with van der Waals surface area (Å²) in [6.45, 7) is 4.72. The Hall–Kier alpha value is -3.02. The maximum Gasteiger partial charge on any atom is 0.142 e. The molecule has 0 amide bonds. The van der Waals surface area contributed by atoms with Gasteiger partial charge in [-0.15, -0.1) is 0 Å². The van der Waals surface area contributed by atoms with Crippen LogP contribution in [0.3, 0.4) is 0 Å². The van der Waals surface area contributed by atoms with Crippen molar-refractivity contribution in [2.24, 2.45) is 0 Å². The van der Waals surface area contributed by atoms with Crippen molar-refractivity contribution < 1.29 is 14.9 Å². The molecule has 0 saturated carbocycles. The lowest BCUT2D eigenvalue weighted by Crippen LogP contribution is -2.30. The summed E-state index contributed by atoms with van der Waals surface area (Å²) in [6.07, 6.45) is 0.227. The number of likely N-dealkylation sites (N-methyl/N-ethyl adjacent to an activating group) is 1. The number of phenolic OH excluding ortho intramolecular Hbond substituents is 1. The van der Waals surface area contributed by atoms with E-state index in [4.69, 9.17) is 10.5 Å². The molecule has 3 rings (SSSR count). The quantitative estimate of drug-likeness (QED) is 0.441. The highest BCUT2D eigenvalue weighted by molar-refractivity contribution is 5.54. The minimum atomic E-state index is -0.629. The summed E-state index contributed by atoms with van der Waals surface area (Å²) in [5, 5.41) is 20.1. The number of rotatable bonds is 10. The normalized spacial score (nSPS) is 12.1. The minimum Gasteiger partial charge on any atom is -0.508 e. The summed E-state index contributed by atoms with van der Waals surface area (Å²) >= 11 is 0. The molecule has 0 radical (unpaired) electrons. The molecule has 1 atom stereocenters. The van der Waals surface area contributed by atoms with Gasteiger partial charge in [0, 0.05) is 13.1 Å². The van der Waals surface area contributed by atoms with Gasteiger partial charge in [0.2, 0.25) is 0 Å². The Morgan fingerprint density at radius 2 is 1.70 bits per heavy atom. The number of benzene rings is 3. The van der Waals surface area contributed by atoms with Crippen LogP contribution in [0.5, 0.6) is 11.5 Å². The third-order valence-corrected chi connectivity index (χ3v) is 5.19. The lowest BCUT2D eigenvalue weighted by Gasteiger charge is -2.24. The maximum absolute atomic E-state index is 10.7. The topological polar surface area (TPSA) is 79.0 Å². The van der Waals surface area contributed by atoms with Crippen LogP contribution in [0, 0.1) is 0 Å². The van der Waals surface area contributed by atoms with E-state index in [2.05, 4.69) is 11.8 Å². The van der Waals surface area contributed by atoms with Crippen molar-refractivity contribution in [3.8, 4) is 11.5 Å². The number of nitrogen functional groups attached to an aromatic ring is 1. The average molecular weight is 407 g/mol. The van der Waals surface area contributed by atoms with Gasteiger partial charge in [0.25, 0.3) is 0 Å². The molecule has 0 heterocycles. The van der Waals surface area contributed by atoms with Crippen molar-refractivity contribution in [1.82, 2.24) is 4.90 Å². The number of ether oxygens (including phenoxy) is 1. The molecule has 5 heteroatoms. The van der Waals surface area contributed by atoms with E-state index in [1.165, 1.54) is 0 Å². The number of hydrogen-bond acceptors (Lipinski definition) is 5. The van der Waals surface area contributed by atoms with Crippen LogP contribution >= 0.6 is 0 Å². The van der Waals surface area contributed by atoms with E-state index in [0.29, 0.717) is 24.6 Å². The van der Waals surface area contributed by atoms with Gasteiger partial charge in [-0.1, -0.05) is 55.5 Å². The Bertz CT molecular complexity index is 913. The van der Waals surface area contributed by atoms with Crippen LogP contribution in [0.1, 0.15) is 29.7 Å². The molecule has 0 aromatic heterocycles. The smallest absolute Gasteiger partial charge is 0.142 e. The number of nitrogens with zero attached hydrogens (tertiary/aromatic N) is 1. The van der Waals surface area contributed by atoms with E-state index >= 15 is 0 Å². The number of hydrogen-bond donors (Lipinski definition) is 3. The molecule has 0 saturated heterocycles. The summed E-state index contributed by atoms with van der Waals surface area (Å²) in [4.78, 5) is 2.20. The van der Waals surface area contributed by atoms with Crippen LogP contribution in [-0.2, 0) is 13.0 Å². The van der Waals surface area contributed by atoms with Crippen LogP contribution in [-0.4, -0.2) is 34.7 Å². The molecule has 5 nitrogen and oxygen atoms in total. The number of aliphatic hydroxyl groups excluding tert-OH is 1. The summed E-state index contributed by atoms with van der Waals surface area (Å²) in [6, 6.07) is 22.7. The molecular formula is C25H30N2O3. The summed E-state index contributed by atoms with van der Waals surface area (Å²) in [5.41, 5.74) is 9.70. The lowest BCUT2D eigenvalue weighted by molar-refractivity contribution is 0.116. The Kier molecular flexibility index (Phi) is 7.71. The van der Waals surface area contributed by atoms with Gasteiger partial charge in [-0.25, -0.2) is 0 Å². The van der Waals surface area contributed by atoms with Crippen LogP contribution in [0.4, 0.5) is 5.69 Å². The second-order valence-electron chi connectivity index (χ2n) is 7.40. The van der Waals surface area contributed by atoms with E-state index in [0.717, 1.165) is 36.2 Å². The van der Waals surface area contributed by atoms with Crippen molar-refractivity contribution in [2.75, 3.05) is 25.4 Å². The van der Waals surface area contributed by atoms with Crippen LogP contribution in [0.25, 0.3) is 0 Å². The monoisotopic (exact) mass is 406 g/mol. The fraction of sp³-hybridized carbons (Fsp3) is 0.280. The zero-order valence-electron chi connectivity index (χ0n) is 17.4. The number of anilines is 1. The molecule has 0 aliphatic carbocycles. The molecule has 158 valence electrons. The van der Waals surface area contributed by atoms with Crippen molar-refractivity contribution in [3.63, 3.8) is 0 Å². The molecule has 1 unspecified atom stereocenters.